The number of likely N-dealkylation sites (N-methyl/N-ethyl adjacent to an activating group) is 1. The molecule has 8 nitrogen and oxygen atoms in total. The molecule has 1 aromatic rings. The number of carbonyl (C=O) groups is 3. The molecule has 35 heavy (non-hydrogen) atoms. The number of amides is 3. The number of unbranched alkanes of at least 4 members (excludes halogenated alkanes) is 2. The summed E-state index contributed by atoms with van der Waals surface area (Å²) in [6, 6.07) is 9.20. The van der Waals surface area contributed by atoms with Crippen molar-refractivity contribution in [3.8, 4) is 0 Å². The lowest BCUT2D eigenvalue weighted by molar-refractivity contribution is -0.131. The van der Waals surface area contributed by atoms with Gasteiger partial charge in [0.2, 0.25) is 11.8 Å². The van der Waals surface area contributed by atoms with Gasteiger partial charge in [0, 0.05) is 19.6 Å². The Morgan fingerprint density at radius 2 is 1.80 bits per heavy atom. The van der Waals surface area contributed by atoms with Gasteiger partial charge in [0.25, 0.3) is 0 Å². The molecule has 0 heterocycles. The van der Waals surface area contributed by atoms with Crippen molar-refractivity contribution in [2.45, 2.75) is 90.4 Å². The molecule has 1 aliphatic rings. The van der Waals surface area contributed by atoms with Gasteiger partial charge >= 0.3 is 6.09 Å². The molecule has 0 radical (unpaired) electrons. The highest BCUT2D eigenvalue weighted by molar-refractivity contribution is 5.94. The summed E-state index contributed by atoms with van der Waals surface area (Å²) in [5.74, 6) is 0.409. The number of rotatable bonds is 15. The van der Waals surface area contributed by atoms with Crippen molar-refractivity contribution < 1.29 is 19.1 Å². The van der Waals surface area contributed by atoms with Crippen LogP contribution in [0.25, 0.3) is 0 Å². The van der Waals surface area contributed by atoms with E-state index in [-0.39, 0.29) is 30.4 Å². The molecule has 8 heteroatoms. The summed E-state index contributed by atoms with van der Waals surface area (Å²) in [6.07, 6.45) is 4.21. The minimum atomic E-state index is -0.583. The highest BCUT2D eigenvalue weighted by atomic mass is 16.5. The summed E-state index contributed by atoms with van der Waals surface area (Å²) in [5.41, 5.74) is 0.358. The normalized spacial score (nSPS) is 20.6. The van der Waals surface area contributed by atoms with Gasteiger partial charge in [-0.1, -0.05) is 63.9 Å². The summed E-state index contributed by atoms with van der Waals surface area (Å²) < 4.78 is 5.20. The first-order valence-corrected chi connectivity index (χ1v) is 13.0. The molecular formula is C27H44N4O4. The fourth-order valence-corrected chi connectivity index (χ4v) is 4.47. The number of benzene rings is 1. The second-order valence-electron chi connectivity index (χ2n) is 9.96. The molecule has 0 spiro atoms. The van der Waals surface area contributed by atoms with Crippen LogP contribution in [-0.2, 0) is 20.9 Å². The van der Waals surface area contributed by atoms with Crippen LogP contribution in [0.5, 0.6) is 0 Å². The van der Waals surface area contributed by atoms with Crippen molar-refractivity contribution in [1.82, 2.24) is 21.3 Å². The molecule has 4 atom stereocenters. The Bertz CT molecular complexity index is 817. The van der Waals surface area contributed by atoms with Gasteiger partial charge in [-0.3, -0.25) is 9.59 Å². The molecule has 1 fully saturated rings. The maximum atomic E-state index is 13.3. The average molecular weight is 489 g/mol. The van der Waals surface area contributed by atoms with Gasteiger partial charge in [0.05, 0.1) is 0 Å². The Kier molecular flexibility index (Phi) is 11.5. The minimum Gasteiger partial charge on any atom is -0.445 e. The second-order valence-corrected chi connectivity index (χ2v) is 9.96. The average Bonchev–Trinajstić information content (AvgIpc) is 3.59. The number of hydrogen-bond acceptors (Lipinski definition) is 5. The third-order valence-electron chi connectivity index (χ3n) is 6.86. The van der Waals surface area contributed by atoms with E-state index in [9.17, 15) is 14.4 Å². The lowest BCUT2D eigenvalue weighted by Crippen LogP contribution is -2.56. The molecule has 0 aromatic heterocycles. The van der Waals surface area contributed by atoms with E-state index >= 15 is 0 Å². The summed E-state index contributed by atoms with van der Waals surface area (Å²) in [6.45, 7) is 9.21. The molecule has 1 saturated carbocycles. The second kappa shape index (κ2) is 14.1. The summed E-state index contributed by atoms with van der Waals surface area (Å²) in [7, 11) is 1.59. The fraction of sp³-hybridized carbons (Fsp3) is 0.667. The highest BCUT2D eigenvalue weighted by Gasteiger charge is 2.61. The van der Waals surface area contributed by atoms with Gasteiger partial charge in [0.1, 0.15) is 18.2 Å². The third kappa shape index (κ3) is 8.84. The summed E-state index contributed by atoms with van der Waals surface area (Å²) in [5, 5.41) is 12.0. The molecule has 0 aliphatic heterocycles. The predicted molar refractivity (Wildman–Crippen MR) is 138 cm³/mol. The Labute approximate surface area is 210 Å². The number of hydrogen-bond donors (Lipinski definition) is 4. The van der Waals surface area contributed by atoms with Crippen LogP contribution in [0.15, 0.2) is 30.3 Å². The number of alkyl carbamates (subject to hydrolysis) is 1. The smallest absolute Gasteiger partial charge is 0.407 e. The van der Waals surface area contributed by atoms with Crippen LogP contribution in [0.3, 0.4) is 0 Å². The van der Waals surface area contributed by atoms with Gasteiger partial charge in [-0.2, -0.15) is 0 Å². The van der Waals surface area contributed by atoms with Gasteiger partial charge in [0.15, 0.2) is 0 Å². The number of nitrogens with one attached hydrogen (secondary N) is 4. The SMILES string of the molecule is CC[C@@H](C)N[C@]1(C(=O)N[C@@H](CCCCCNC(=O)OCc2ccccc2)C(=O)NC)CC1C(C)C. The lowest BCUT2D eigenvalue weighted by atomic mass is 10.0. The van der Waals surface area contributed by atoms with Gasteiger partial charge in [-0.25, -0.2) is 4.79 Å². The molecule has 3 amide bonds. The van der Waals surface area contributed by atoms with Crippen molar-refractivity contribution in [3.63, 3.8) is 0 Å². The zero-order valence-electron chi connectivity index (χ0n) is 22.0. The van der Waals surface area contributed by atoms with Crippen molar-refractivity contribution in [2.24, 2.45) is 11.8 Å². The Morgan fingerprint density at radius 3 is 2.40 bits per heavy atom. The molecule has 0 bridgehead atoms. The summed E-state index contributed by atoms with van der Waals surface area (Å²) >= 11 is 0. The van der Waals surface area contributed by atoms with Crippen molar-refractivity contribution in [2.75, 3.05) is 13.6 Å². The van der Waals surface area contributed by atoms with Gasteiger partial charge in [-0.05, 0) is 50.0 Å². The van der Waals surface area contributed by atoms with E-state index < -0.39 is 17.7 Å². The maximum Gasteiger partial charge on any atom is 0.407 e. The first-order chi connectivity index (χ1) is 16.7. The topological polar surface area (TPSA) is 109 Å². The van der Waals surface area contributed by atoms with Crippen LogP contribution < -0.4 is 21.3 Å². The lowest BCUT2D eigenvalue weighted by Gasteiger charge is -2.27. The maximum absolute atomic E-state index is 13.3. The first kappa shape index (κ1) is 28.6. The quantitative estimate of drug-likeness (QED) is 0.283. The number of carbonyl (C=O) groups excluding carboxylic acids is 3. The molecule has 1 aliphatic carbocycles. The largest absolute Gasteiger partial charge is 0.445 e. The third-order valence-corrected chi connectivity index (χ3v) is 6.86. The zero-order chi connectivity index (χ0) is 25.8. The fourth-order valence-electron chi connectivity index (χ4n) is 4.47. The van der Waals surface area contributed by atoms with E-state index in [1.165, 1.54) is 0 Å². The number of ether oxygens (including phenoxy) is 1. The van der Waals surface area contributed by atoms with Gasteiger partial charge < -0.3 is 26.0 Å². The monoisotopic (exact) mass is 488 g/mol. The van der Waals surface area contributed by atoms with Crippen molar-refractivity contribution >= 4 is 17.9 Å². The standard InChI is InChI=1S/C27H44N4O4/c1-6-20(4)31-27(17-22(27)19(2)3)25(33)30-23(24(32)28-5)15-11-8-12-16-29-26(34)35-18-21-13-9-7-10-14-21/h7,9-10,13-14,19-20,22-23,31H,6,8,11-12,15-18H2,1-5H3,(H,28,32)(H,29,34)(H,30,33)/t20-,22?,23+,27-/m1/s1. The van der Waals surface area contributed by atoms with Crippen molar-refractivity contribution in [3.05, 3.63) is 35.9 Å². The van der Waals surface area contributed by atoms with E-state index in [4.69, 9.17) is 4.74 Å². The Hall–Kier alpha value is -2.61. The molecular weight excluding hydrogens is 444 g/mol. The van der Waals surface area contributed by atoms with Crippen molar-refractivity contribution in [1.29, 1.82) is 0 Å². The van der Waals surface area contributed by atoms with E-state index in [1.54, 1.807) is 7.05 Å². The van der Waals surface area contributed by atoms with E-state index in [0.29, 0.717) is 18.9 Å². The summed E-state index contributed by atoms with van der Waals surface area (Å²) in [4.78, 5) is 37.6. The van der Waals surface area contributed by atoms with E-state index in [0.717, 1.165) is 37.7 Å². The van der Waals surface area contributed by atoms with E-state index in [1.807, 2.05) is 30.3 Å². The molecule has 4 N–H and O–H groups in total. The molecule has 1 unspecified atom stereocenters. The predicted octanol–water partition coefficient (Wildman–Crippen LogP) is 3.51. The molecule has 2 rings (SSSR count). The Balaban J connectivity index is 1.74. The zero-order valence-corrected chi connectivity index (χ0v) is 22.0. The Morgan fingerprint density at radius 1 is 1.09 bits per heavy atom. The van der Waals surface area contributed by atoms with Crippen LogP contribution >= 0.6 is 0 Å². The molecule has 0 saturated heterocycles. The minimum absolute atomic E-state index is 0.0760. The van der Waals surface area contributed by atoms with E-state index in [2.05, 4.69) is 49.0 Å². The molecule has 196 valence electrons. The van der Waals surface area contributed by atoms with Crippen LogP contribution in [-0.4, -0.2) is 49.1 Å². The van der Waals surface area contributed by atoms with Crippen LogP contribution in [0.1, 0.15) is 71.8 Å². The molecule has 1 aromatic carbocycles. The van der Waals surface area contributed by atoms with Gasteiger partial charge in [-0.15, -0.1) is 0 Å². The highest BCUT2D eigenvalue weighted by Crippen LogP contribution is 2.49. The van der Waals surface area contributed by atoms with Crippen LogP contribution in [0.4, 0.5) is 4.79 Å². The first-order valence-electron chi connectivity index (χ1n) is 13.0. The van der Waals surface area contributed by atoms with Crippen LogP contribution in [0, 0.1) is 11.8 Å². The van der Waals surface area contributed by atoms with Crippen LogP contribution in [0.2, 0.25) is 0 Å².